The maximum Gasteiger partial charge on any atom is 0.259 e. The number of rotatable bonds is 11. The second-order valence-corrected chi connectivity index (χ2v) is 8.08. The van der Waals surface area contributed by atoms with E-state index < -0.39 is 0 Å². The van der Waals surface area contributed by atoms with E-state index in [1.807, 2.05) is 11.0 Å². The molecule has 2 rings (SSSR count). The van der Waals surface area contributed by atoms with Gasteiger partial charge >= 0.3 is 0 Å². The molecular weight excluding hydrogens is 444 g/mol. The highest BCUT2D eigenvalue weighted by Gasteiger charge is 2.16. The van der Waals surface area contributed by atoms with Crippen LogP contribution in [0.1, 0.15) is 67.2 Å². The average molecular weight is 475 g/mol. The lowest BCUT2D eigenvalue weighted by Gasteiger charge is -2.21. The summed E-state index contributed by atoms with van der Waals surface area (Å²) >= 11 is 3.42. The van der Waals surface area contributed by atoms with Gasteiger partial charge in [0.25, 0.3) is 11.8 Å². The lowest BCUT2D eigenvalue weighted by atomic mass is 10.1. The molecule has 0 spiro atoms. The number of nitrogens with zero attached hydrogens (tertiary/aromatic N) is 1. The number of anilines is 1. The molecule has 0 unspecified atom stereocenters. The van der Waals surface area contributed by atoms with Crippen LogP contribution in [0.15, 0.2) is 46.9 Å². The van der Waals surface area contributed by atoms with E-state index in [-0.39, 0.29) is 11.8 Å². The number of carbonyl (C=O) groups excluding carboxylic acids is 2. The second-order valence-electron chi connectivity index (χ2n) is 7.17. The molecule has 2 aromatic rings. The van der Waals surface area contributed by atoms with Gasteiger partial charge in [-0.1, -0.05) is 43.1 Å². The molecule has 0 aromatic heterocycles. The fraction of sp³-hybridized carbons (Fsp3) is 0.417. The van der Waals surface area contributed by atoms with E-state index in [0.29, 0.717) is 29.2 Å². The summed E-state index contributed by atoms with van der Waals surface area (Å²) in [5, 5.41) is 2.90. The lowest BCUT2D eigenvalue weighted by molar-refractivity contribution is 0.0755. The maximum absolute atomic E-state index is 12.8. The standard InChI is InChI=1S/C24H31BrN2O3/c1-4-7-16-30-22-13-10-19(25)17-21(22)23(28)26-20-11-8-18(9-12-20)24(29)27(14-5-2)15-6-3/h8-13,17H,4-7,14-16H2,1-3H3,(H,26,28). The molecule has 0 atom stereocenters. The monoisotopic (exact) mass is 474 g/mol. The number of ether oxygens (including phenoxy) is 1. The number of hydrogen-bond acceptors (Lipinski definition) is 3. The van der Waals surface area contributed by atoms with Crippen LogP contribution in [0, 0.1) is 0 Å². The van der Waals surface area contributed by atoms with Gasteiger partial charge in [-0.05, 0) is 61.7 Å². The van der Waals surface area contributed by atoms with Crippen LogP contribution < -0.4 is 10.1 Å². The molecule has 30 heavy (non-hydrogen) atoms. The minimum absolute atomic E-state index is 0.0233. The number of halogens is 1. The summed E-state index contributed by atoms with van der Waals surface area (Å²) in [4.78, 5) is 27.4. The molecule has 0 aliphatic carbocycles. The van der Waals surface area contributed by atoms with Crippen LogP contribution in [-0.2, 0) is 0 Å². The molecule has 6 heteroatoms. The Bertz CT molecular complexity index is 831. The van der Waals surface area contributed by atoms with E-state index in [1.165, 1.54) is 0 Å². The quantitative estimate of drug-likeness (QED) is 0.397. The summed E-state index contributed by atoms with van der Waals surface area (Å²) in [6, 6.07) is 12.4. The van der Waals surface area contributed by atoms with Crippen molar-refractivity contribution in [3.63, 3.8) is 0 Å². The van der Waals surface area contributed by atoms with Crippen LogP contribution in [0.3, 0.4) is 0 Å². The first-order chi connectivity index (χ1) is 14.5. The molecular formula is C24H31BrN2O3. The van der Waals surface area contributed by atoms with Gasteiger partial charge in [0.05, 0.1) is 12.2 Å². The molecule has 2 amide bonds. The predicted molar refractivity (Wildman–Crippen MR) is 125 cm³/mol. The first kappa shape index (κ1) is 23.9. The van der Waals surface area contributed by atoms with E-state index in [4.69, 9.17) is 4.74 Å². The van der Waals surface area contributed by atoms with Gasteiger partial charge in [-0.3, -0.25) is 9.59 Å². The summed E-state index contributed by atoms with van der Waals surface area (Å²) in [6.45, 7) is 8.29. The Morgan fingerprint density at radius 3 is 2.23 bits per heavy atom. The van der Waals surface area contributed by atoms with Gasteiger partial charge in [-0.15, -0.1) is 0 Å². The second kappa shape index (κ2) is 12.4. The molecule has 5 nitrogen and oxygen atoms in total. The van der Waals surface area contributed by atoms with Crippen molar-refractivity contribution < 1.29 is 14.3 Å². The Morgan fingerprint density at radius 2 is 1.63 bits per heavy atom. The molecule has 0 heterocycles. The maximum atomic E-state index is 12.8. The number of unbranched alkanes of at least 4 members (excludes halogenated alkanes) is 1. The van der Waals surface area contributed by atoms with Gasteiger partial charge in [0.2, 0.25) is 0 Å². The normalized spacial score (nSPS) is 10.5. The van der Waals surface area contributed by atoms with E-state index in [0.717, 1.165) is 43.2 Å². The summed E-state index contributed by atoms with van der Waals surface area (Å²) in [7, 11) is 0. The third-order valence-corrected chi connectivity index (χ3v) is 5.10. The minimum atomic E-state index is -0.250. The van der Waals surface area contributed by atoms with Crippen molar-refractivity contribution in [3.8, 4) is 5.75 Å². The van der Waals surface area contributed by atoms with Gasteiger partial charge in [0.15, 0.2) is 0 Å². The molecule has 0 fully saturated rings. The van der Waals surface area contributed by atoms with Crippen molar-refractivity contribution in [2.75, 3.05) is 25.0 Å². The smallest absolute Gasteiger partial charge is 0.259 e. The van der Waals surface area contributed by atoms with Crippen LogP contribution in [0.5, 0.6) is 5.75 Å². The molecule has 0 saturated heterocycles. The number of nitrogens with one attached hydrogen (secondary N) is 1. The third-order valence-electron chi connectivity index (χ3n) is 4.61. The molecule has 0 aliphatic heterocycles. The Morgan fingerprint density at radius 1 is 0.967 bits per heavy atom. The topological polar surface area (TPSA) is 58.6 Å². The molecule has 2 aromatic carbocycles. The van der Waals surface area contributed by atoms with Crippen LogP contribution in [0.4, 0.5) is 5.69 Å². The van der Waals surface area contributed by atoms with Gasteiger partial charge in [0, 0.05) is 28.8 Å². The van der Waals surface area contributed by atoms with E-state index >= 15 is 0 Å². The first-order valence-electron chi connectivity index (χ1n) is 10.6. The summed E-state index contributed by atoms with van der Waals surface area (Å²) < 4.78 is 6.59. The number of hydrogen-bond donors (Lipinski definition) is 1. The van der Waals surface area contributed by atoms with Gasteiger partial charge in [-0.2, -0.15) is 0 Å². The highest BCUT2D eigenvalue weighted by atomic mass is 79.9. The van der Waals surface area contributed by atoms with Crippen molar-refractivity contribution in [1.82, 2.24) is 4.90 Å². The zero-order valence-electron chi connectivity index (χ0n) is 18.0. The molecule has 0 aliphatic rings. The fourth-order valence-corrected chi connectivity index (χ4v) is 3.42. The zero-order chi connectivity index (χ0) is 21.9. The van der Waals surface area contributed by atoms with E-state index in [1.54, 1.807) is 36.4 Å². The first-order valence-corrected chi connectivity index (χ1v) is 11.4. The van der Waals surface area contributed by atoms with Crippen LogP contribution in [-0.4, -0.2) is 36.4 Å². The molecule has 0 radical (unpaired) electrons. The third kappa shape index (κ3) is 6.87. The van der Waals surface area contributed by atoms with Crippen LogP contribution >= 0.6 is 15.9 Å². The molecule has 162 valence electrons. The number of carbonyl (C=O) groups is 2. The minimum Gasteiger partial charge on any atom is -0.493 e. The van der Waals surface area contributed by atoms with Gasteiger partial charge in [-0.25, -0.2) is 0 Å². The SMILES string of the molecule is CCCCOc1ccc(Br)cc1C(=O)Nc1ccc(C(=O)N(CCC)CCC)cc1. The molecule has 1 N–H and O–H groups in total. The van der Waals surface area contributed by atoms with Crippen molar-refractivity contribution >= 4 is 33.4 Å². The highest BCUT2D eigenvalue weighted by Crippen LogP contribution is 2.25. The largest absolute Gasteiger partial charge is 0.493 e. The fourth-order valence-electron chi connectivity index (χ4n) is 3.06. The van der Waals surface area contributed by atoms with Crippen LogP contribution in [0.25, 0.3) is 0 Å². The zero-order valence-corrected chi connectivity index (χ0v) is 19.6. The van der Waals surface area contributed by atoms with Gasteiger partial charge < -0.3 is 15.0 Å². The predicted octanol–water partition coefficient (Wildman–Crippen LogP) is 6.14. The molecule has 0 bridgehead atoms. The number of benzene rings is 2. The average Bonchev–Trinajstić information content (AvgIpc) is 2.74. The Hall–Kier alpha value is -2.34. The summed E-state index contributed by atoms with van der Waals surface area (Å²) in [6.07, 6.45) is 3.81. The van der Waals surface area contributed by atoms with Crippen molar-refractivity contribution in [2.45, 2.75) is 46.5 Å². The Balaban J connectivity index is 2.11. The molecule has 0 saturated carbocycles. The Labute approximate surface area is 187 Å². The lowest BCUT2D eigenvalue weighted by Crippen LogP contribution is -2.32. The van der Waals surface area contributed by atoms with Crippen molar-refractivity contribution in [1.29, 1.82) is 0 Å². The van der Waals surface area contributed by atoms with Crippen molar-refractivity contribution in [2.24, 2.45) is 0 Å². The van der Waals surface area contributed by atoms with Gasteiger partial charge in [0.1, 0.15) is 5.75 Å². The van der Waals surface area contributed by atoms with E-state index in [2.05, 4.69) is 42.0 Å². The van der Waals surface area contributed by atoms with Crippen LogP contribution in [0.2, 0.25) is 0 Å². The highest BCUT2D eigenvalue weighted by molar-refractivity contribution is 9.10. The summed E-state index contributed by atoms with van der Waals surface area (Å²) in [5.41, 5.74) is 1.73. The number of amides is 2. The van der Waals surface area contributed by atoms with E-state index in [9.17, 15) is 9.59 Å². The summed E-state index contributed by atoms with van der Waals surface area (Å²) in [5.74, 6) is 0.335. The van der Waals surface area contributed by atoms with Crippen molar-refractivity contribution in [3.05, 3.63) is 58.1 Å². The Kier molecular flexibility index (Phi) is 9.87.